The Morgan fingerprint density at radius 2 is 1.37 bits per heavy atom. The van der Waals surface area contributed by atoms with Crippen molar-refractivity contribution in [2.75, 3.05) is 7.11 Å². The number of aryl methyl sites for hydroxylation is 2. The zero-order chi connectivity index (χ0) is 22.3. The zero-order valence-corrected chi connectivity index (χ0v) is 22.7. The van der Waals surface area contributed by atoms with Crippen molar-refractivity contribution in [2.24, 2.45) is 0 Å². The number of hydrogen-bond donors (Lipinski definition) is 0. The average molecular weight is 492 g/mol. The summed E-state index contributed by atoms with van der Waals surface area (Å²) in [4.78, 5) is 0. The quantitative estimate of drug-likeness (QED) is 0.207. The standard InChI is InChI=1S/C16H13O.C9H13.C2H6Si.Zr/c1-17-14-9-6-13(7-10-14)16-11-8-12-4-2-3-5-15(12)16;1-6-5-7(2)9(4)8(6)3;1-3-2;/h2-11H,1H3;5H,1-4H3;1-2H3;/q2*-1;;+2. The van der Waals surface area contributed by atoms with Gasteiger partial charge in [0.25, 0.3) is 0 Å². The molecule has 0 saturated heterocycles. The summed E-state index contributed by atoms with van der Waals surface area (Å²) in [5.74, 6) is 0.893. The predicted octanol–water partition coefficient (Wildman–Crippen LogP) is 7.66. The van der Waals surface area contributed by atoms with Crippen LogP contribution in [0.1, 0.15) is 22.3 Å². The van der Waals surface area contributed by atoms with Gasteiger partial charge in [-0.25, -0.2) is 0 Å². The van der Waals surface area contributed by atoms with Crippen LogP contribution in [0, 0.1) is 27.7 Å². The molecular formula is C27H32OSiZr. The van der Waals surface area contributed by atoms with Gasteiger partial charge in [0.05, 0.1) is 7.11 Å². The van der Waals surface area contributed by atoms with Gasteiger partial charge in [-0.1, -0.05) is 51.5 Å². The maximum absolute atomic E-state index is 5.17. The first kappa shape index (κ1) is 24.6. The summed E-state index contributed by atoms with van der Waals surface area (Å²) in [6.07, 6.45) is 0. The van der Waals surface area contributed by atoms with Crippen LogP contribution in [0.4, 0.5) is 0 Å². The monoisotopic (exact) mass is 490 g/mol. The van der Waals surface area contributed by atoms with Crippen molar-refractivity contribution in [2.45, 2.75) is 40.8 Å². The molecular weight excluding hydrogens is 460 g/mol. The Hall–Kier alpha value is -1.70. The molecule has 0 N–H and O–H groups in total. The van der Waals surface area contributed by atoms with Crippen molar-refractivity contribution in [3.63, 3.8) is 0 Å². The van der Waals surface area contributed by atoms with Crippen molar-refractivity contribution >= 4 is 16.2 Å². The van der Waals surface area contributed by atoms with Gasteiger partial charge in [-0.2, -0.15) is 28.3 Å². The van der Waals surface area contributed by atoms with E-state index in [9.17, 15) is 0 Å². The molecule has 4 rings (SSSR count). The van der Waals surface area contributed by atoms with E-state index in [2.05, 4.69) is 95.4 Å². The molecule has 0 radical (unpaired) electrons. The molecule has 30 heavy (non-hydrogen) atoms. The molecule has 0 aliphatic rings. The summed E-state index contributed by atoms with van der Waals surface area (Å²) in [7, 11) is 1.69. The summed E-state index contributed by atoms with van der Waals surface area (Å²) in [6, 6.07) is 23.2. The Bertz CT molecular complexity index is 1070. The second kappa shape index (κ2) is 11.6. The first-order valence-corrected chi connectivity index (χ1v) is 16.4. The molecule has 0 unspecified atom stereocenters. The predicted molar refractivity (Wildman–Crippen MR) is 130 cm³/mol. The van der Waals surface area contributed by atoms with Crippen LogP contribution in [0.25, 0.3) is 21.9 Å². The van der Waals surface area contributed by atoms with Crippen LogP contribution in [0.3, 0.4) is 0 Å². The number of methoxy groups -OCH3 is 1. The van der Waals surface area contributed by atoms with Gasteiger partial charge in [0.15, 0.2) is 0 Å². The minimum absolute atomic E-state index is 0.210. The second-order valence-corrected chi connectivity index (χ2v) is 17.2. The molecule has 0 spiro atoms. The van der Waals surface area contributed by atoms with E-state index in [-0.39, 0.29) is 5.43 Å². The third kappa shape index (κ3) is 6.65. The molecule has 0 bridgehead atoms. The Morgan fingerprint density at radius 1 is 0.833 bits per heavy atom. The van der Waals surface area contributed by atoms with Crippen LogP contribution in [-0.2, 0) is 23.3 Å². The van der Waals surface area contributed by atoms with Gasteiger partial charge in [-0.15, -0.1) is 46.7 Å². The van der Waals surface area contributed by atoms with Crippen molar-refractivity contribution < 1.29 is 28.1 Å². The van der Waals surface area contributed by atoms with Crippen molar-refractivity contribution in [1.29, 1.82) is 0 Å². The van der Waals surface area contributed by atoms with E-state index in [0.29, 0.717) is 0 Å². The molecule has 1 nitrogen and oxygen atoms in total. The molecule has 0 aliphatic heterocycles. The number of ether oxygens (including phenoxy) is 1. The van der Waals surface area contributed by atoms with E-state index in [4.69, 9.17) is 4.74 Å². The minimum atomic E-state index is 0.210. The van der Waals surface area contributed by atoms with E-state index in [1.54, 1.807) is 30.4 Å². The van der Waals surface area contributed by atoms with Crippen LogP contribution in [0.15, 0.2) is 66.7 Å². The van der Waals surface area contributed by atoms with E-state index in [1.807, 2.05) is 12.1 Å². The number of fused-ring (bicyclic) bond motifs is 1. The molecule has 4 aromatic rings. The normalized spacial score (nSPS) is 10.0. The molecule has 0 atom stereocenters. The zero-order valence-electron chi connectivity index (χ0n) is 19.3. The Balaban J connectivity index is 0.000000207. The summed E-state index contributed by atoms with van der Waals surface area (Å²) >= 11 is 1.74. The fourth-order valence-electron chi connectivity index (χ4n) is 3.31. The van der Waals surface area contributed by atoms with Crippen LogP contribution in [0.5, 0.6) is 5.75 Å². The van der Waals surface area contributed by atoms with Crippen LogP contribution in [-0.4, -0.2) is 12.5 Å². The van der Waals surface area contributed by atoms with E-state index in [0.717, 1.165) is 5.75 Å². The largest absolute Gasteiger partial charge is 0.196 e. The van der Waals surface area contributed by atoms with Crippen molar-refractivity contribution in [1.82, 2.24) is 0 Å². The molecule has 4 aromatic carbocycles. The van der Waals surface area contributed by atoms with Gasteiger partial charge in [-0.05, 0) is 12.1 Å². The van der Waals surface area contributed by atoms with Crippen LogP contribution < -0.4 is 4.74 Å². The van der Waals surface area contributed by atoms with E-state index < -0.39 is 0 Å². The molecule has 0 saturated carbocycles. The van der Waals surface area contributed by atoms with Gasteiger partial charge < -0.3 is 4.74 Å². The summed E-state index contributed by atoms with van der Waals surface area (Å²) in [5.41, 5.74) is 8.47. The maximum atomic E-state index is 5.17. The fourth-order valence-corrected chi connectivity index (χ4v) is 3.31. The van der Waals surface area contributed by atoms with Crippen LogP contribution in [0.2, 0.25) is 13.1 Å². The van der Waals surface area contributed by atoms with E-state index >= 15 is 0 Å². The van der Waals surface area contributed by atoms with Gasteiger partial charge in [0, 0.05) is 0 Å². The SMILES string of the molecule is COc1ccc(-c2c[cH-]c3ccccc23)cc1.C[Si](C)=[Zr+2].Cc1[cH-]c(C)c(C)c1C. The third-order valence-corrected chi connectivity index (χ3v) is 5.26. The van der Waals surface area contributed by atoms with Gasteiger partial charge in [0.1, 0.15) is 5.75 Å². The van der Waals surface area contributed by atoms with E-state index in [1.165, 1.54) is 44.2 Å². The van der Waals surface area contributed by atoms with Crippen molar-refractivity contribution in [3.8, 4) is 16.9 Å². The average Bonchev–Trinajstić information content (AvgIpc) is 3.25. The number of rotatable bonds is 2. The van der Waals surface area contributed by atoms with Gasteiger partial charge >= 0.3 is 41.9 Å². The minimum Gasteiger partial charge on any atom is -0.196 e. The van der Waals surface area contributed by atoms with Crippen molar-refractivity contribution in [3.05, 3.63) is 89.0 Å². The molecule has 0 heterocycles. The molecule has 0 aromatic heterocycles. The molecule has 3 heteroatoms. The topological polar surface area (TPSA) is 9.23 Å². The number of benzene rings is 2. The smallest absolute Gasteiger partial charge is 0.0632 e. The Morgan fingerprint density at radius 3 is 1.83 bits per heavy atom. The molecule has 0 fully saturated rings. The third-order valence-electron chi connectivity index (χ3n) is 5.26. The molecule has 154 valence electrons. The molecule has 0 aliphatic carbocycles. The first-order valence-electron chi connectivity index (χ1n) is 10.2. The fraction of sp³-hybridized carbons (Fsp3) is 0.259. The Kier molecular flexibility index (Phi) is 9.52. The summed E-state index contributed by atoms with van der Waals surface area (Å²) in [5, 5.41) is 2.59. The number of hydrogen-bond acceptors (Lipinski definition) is 1. The Labute approximate surface area is 197 Å². The molecule has 0 amide bonds. The first-order chi connectivity index (χ1) is 14.2. The van der Waals surface area contributed by atoms with Gasteiger partial charge in [-0.3, -0.25) is 0 Å². The van der Waals surface area contributed by atoms with Crippen LogP contribution >= 0.6 is 0 Å². The van der Waals surface area contributed by atoms with Gasteiger partial charge in [0.2, 0.25) is 0 Å². The summed E-state index contributed by atoms with van der Waals surface area (Å²) < 4.78 is 5.17. The second-order valence-electron chi connectivity index (χ2n) is 7.82. The maximum Gasteiger partial charge on any atom is -0.0632 e. The summed E-state index contributed by atoms with van der Waals surface area (Å²) in [6.45, 7) is 13.3.